The van der Waals surface area contributed by atoms with Crippen LogP contribution in [0.15, 0.2) is 54.6 Å². The molecule has 0 aliphatic rings. The van der Waals surface area contributed by atoms with Crippen molar-refractivity contribution in [3.8, 4) is 16.9 Å². The number of hydrogen-bond donors (Lipinski definition) is 4. The number of carbonyl (C=O) groups is 1. The summed E-state index contributed by atoms with van der Waals surface area (Å²) in [5, 5.41) is 38.0. The maximum Gasteiger partial charge on any atom is 0.344 e. The van der Waals surface area contributed by atoms with E-state index in [9.17, 15) is 38.4 Å². The predicted octanol–water partition coefficient (Wildman–Crippen LogP) is 3.86. The van der Waals surface area contributed by atoms with Crippen LogP contribution in [0.25, 0.3) is 11.1 Å². The van der Waals surface area contributed by atoms with E-state index >= 15 is 4.39 Å². The van der Waals surface area contributed by atoms with E-state index in [0.717, 1.165) is 23.1 Å². The molecule has 3 aromatic rings. The molecule has 0 saturated carbocycles. The zero-order chi connectivity index (χ0) is 27.3. The lowest BCUT2D eigenvalue weighted by molar-refractivity contribution is -0.148. The molecule has 0 aliphatic carbocycles. The molecular formula is C26H25F4NO6. The fraction of sp³-hybridized carbons (Fsp3) is 0.269. The van der Waals surface area contributed by atoms with E-state index in [4.69, 9.17) is 4.74 Å². The fourth-order valence-corrected chi connectivity index (χ4v) is 3.73. The number of carboxylic acid groups (broad SMARTS) is 1. The van der Waals surface area contributed by atoms with E-state index in [1.54, 1.807) is 6.07 Å². The number of hydrogen-bond acceptors (Lipinski definition) is 6. The Morgan fingerprint density at radius 1 is 0.919 bits per heavy atom. The van der Waals surface area contributed by atoms with Crippen molar-refractivity contribution in [2.45, 2.75) is 12.5 Å². The number of carboxylic acids is 1. The number of nitrogens with zero attached hydrogens (tertiary/aromatic N) is 1. The average molecular weight is 523 g/mol. The standard InChI is InChI=1S/C26H25F4NO6/c1-31(20-10-16(5-6-18(20)28)15-3-2-4-17(27)9-15)24-19(29)7-8-21(23(24)30)37-22(25(35)36)11-26(12-32,13-33)14-34/h2-10,22,32-34H,11-14H2,1H3,(H,35,36). The van der Waals surface area contributed by atoms with E-state index in [2.05, 4.69) is 0 Å². The maximum absolute atomic E-state index is 15.5. The van der Waals surface area contributed by atoms with Crippen molar-refractivity contribution in [3.05, 3.63) is 77.9 Å². The van der Waals surface area contributed by atoms with Gasteiger partial charge in [-0.25, -0.2) is 22.4 Å². The van der Waals surface area contributed by atoms with Crippen LogP contribution >= 0.6 is 0 Å². The van der Waals surface area contributed by atoms with Crippen molar-refractivity contribution in [3.63, 3.8) is 0 Å². The topological polar surface area (TPSA) is 110 Å². The van der Waals surface area contributed by atoms with Gasteiger partial charge in [-0.2, -0.15) is 0 Å². The molecule has 198 valence electrons. The van der Waals surface area contributed by atoms with Crippen LogP contribution in [-0.2, 0) is 4.79 Å². The highest BCUT2D eigenvalue weighted by molar-refractivity contribution is 5.74. The van der Waals surface area contributed by atoms with Crippen LogP contribution in [0.3, 0.4) is 0 Å². The molecule has 0 aliphatic heterocycles. The molecule has 0 fully saturated rings. The van der Waals surface area contributed by atoms with E-state index in [0.29, 0.717) is 11.1 Å². The fourth-order valence-electron chi connectivity index (χ4n) is 3.73. The smallest absolute Gasteiger partial charge is 0.344 e. The minimum atomic E-state index is -1.84. The lowest BCUT2D eigenvalue weighted by Crippen LogP contribution is -2.42. The molecule has 0 radical (unpaired) electrons. The molecule has 37 heavy (non-hydrogen) atoms. The molecule has 0 saturated heterocycles. The van der Waals surface area contributed by atoms with Gasteiger partial charge in [0.2, 0.25) is 0 Å². The monoisotopic (exact) mass is 523 g/mol. The Bertz CT molecular complexity index is 1260. The van der Waals surface area contributed by atoms with Gasteiger partial charge in [-0.1, -0.05) is 18.2 Å². The number of ether oxygens (including phenoxy) is 1. The highest BCUT2D eigenvalue weighted by atomic mass is 19.1. The first-order chi connectivity index (χ1) is 17.6. The number of aliphatic carboxylic acids is 1. The second-order valence-corrected chi connectivity index (χ2v) is 8.57. The van der Waals surface area contributed by atoms with Crippen LogP contribution in [0.1, 0.15) is 6.42 Å². The number of benzene rings is 3. The van der Waals surface area contributed by atoms with Crippen LogP contribution in [0.2, 0.25) is 0 Å². The molecule has 3 aromatic carbocycles. The van der Waals surface area contributed by atoms with Crippen molar-refractivity contribution in [1.29, 1.82) is 0 Å². The third-order valence-corrected chi connectivity index (χ3v) is 6.00. The maximum atomic E-state index is 15.5. The summed E-state index contributed by atoms with van der Waals surface area (Å²) in [6.07, 6.45) is -2.43. The summed E-state index contributed by atoms with van der Waals surface area (Å²) in [7, 11) is 1.18. The first-order valence-electron chi connectivity index (χ1n) is 11.0. The number of rotatable bonds is 11. The van der Waals surface area contributed by atoms with Crippen LogP contribution < -0.4 is 9.64 Å². The van der Waals surface area contributed by atoms with Gasteiger partial charge in [0.1, 0.15) is 23.1 Å². The lowest BCUT2D eigenvalue weighted by Gasteiger charge is -2.30. The van der Waals surface area contributed by atoms with E-state index in [1.807, 2.05) is 0 Å². The molecule has 7 nitrogen and oxygen atoms in total. The number of halogens is 4. The van der Waals surface area contributed by atoms with Gasteiger partial charge >= 0.3 is 5.97 Å². The van der Waals surface area contributed by atoms with Crippen molar-refractivity contribution < 1.29 is 47.5 Å². The largest absolute Gasteiger partial charge is 0.479 e. The number of aliphatic hydroxyl groups is 3. The first-order valence-corrected chi connectivity index (χ1v) is 11.0. The van der Waals surface area contributed by atoms with Gasteiger partial charge in [0.15, 0.2) is 17.7 Å². The predicted molar refractivity (Wildman–Crippen MR) is 127 cm³/mol. The van der Waals surface area contributed by atoms with Gasteiger partial charge < -0.3 is 30.1 Å². The summed E-state index contributed by atoms with van der Waals surface area (Å²) in [5.41, 5.74) is -1.88. The SMILES string of the molecule is CN(c1cc(-c2cccc(F)c2)ccc1F)c1c(F)ccc(OC(CC(CO)(CO)CO)C(=O)O)c1F. The Morgan fingerprint density at radius 3 is 2.14 bits per heavy atom. The third kappa shape index (κ3) is 6.01. The quantitative estimate of drug-likeness (QED) is 0.283. The molecule has 4 N–H and O–H groups in total. The Hall–Kier alpha value is -3.67. The molecule has 11 heteroatoms. The minimum Gasteiger partial charge on any atom is -0.479 e. The molecule has 0 bridgehead atoms. The third-order valence-electron chi connectivity index (χ3n) is 6.00. The van der Waals surface area contributed by atoms with E-state index in [-0.39, 0.29) is 5.69 Å². The van der Waals surface area contributed by atoms with Gasteiger partial charge in [0, 0.05) is 18.9 Å². The van der Waals surface area contributed by atoms with Crippen molar-refractivity contribution >= 4 is 17.3 Å². The van der Waals surface area contributed by atoms with Gasteiger partial charge in [-0.15, -0.1) is 0 Å². The molecule has 0 spiro atoms. The van der Waals surface area contributed by atoms with Crippen molar-refractivity contribution in [2.75, 3.05) is 31.8 Å². The van der Waals surface area contributed by atoms with Gasteiger partial charge in [-0.3, -0.25) is 0 Å². The first kappa shape index (κ1) is 27.9. The van der Waals surface area contributed by atoms with Crippen LogP contribution in [0.5, 0.6) is 5.75 Å². The Morgan fingerprint density at radius 2 is 1.54 bits per heavy atom. The molecule has 0 aromatic heterocycles. The summed E-state index contributed by atoms with van der Waals surface area (Å²) < 4.78 is 63.9. The number of aliphatic hydroxyl groups excluding tert-OH is 3. The second kappa shape index (κ2) is 11.6. The zero-order valence-corrected chi connectivity index (χ0v) is 19.7. The van der Waals surface area contributed by atoms with E-state index in [1.165, 1.54) is 37.4 Å². The minimum absolute atomic E-state index is 0.258. The van der Waals surface area contributed by atoms with Crippen molar-refractivity contribution in [1.82, 2.24) is 0 Å². The van der Waals surface area contributed by atoms with Gasteiger partial charge in [0.05, 0.1) is 25.5 Å². The van der Waals surface area contributed by atoms with Gasteiger partial charge in [0.25, 0.3) is 0 Å². The summed E-state index contributed by atoms with van der Waals surface area (Å²) in [5.74, 6) is -6.10. The normalized spacial score (nSPS) is 12.3. The second-order valence-electron chi connectivity index (χ2n) is 8.57. The van der Waals surface area contributed by atoms with Crippen molar-refractivity contribution in [2.24, 2.45) is 5.41 Å². The zero-order valence-electron chi connectivity index (χ0n) is 19.7. The summed E-state index contributed by atoms with van der Waals surface area (Å²) >= 11 is 0. The van der Waals surface area contributed by atoms with Crippen LogP contribution in [0.4, 0.5) is 28.9 Å². The molecule has 0 heterocycles. The van der Waals surface area contributed by atoms with Crippen LogP contribution in [-0.4, -0.2) is 59.4 Å². The molecule has 3 rings (SSSR count). The number of anilines is 2. The van der Waals surface area contributed by atoms with Crippen LogP contribution in [0, 0.1) is 28.7 Å². The average Bonchev–Trinajstić information content (AvgIpc) is 2.88. The van der Waals surface area contributed by atoms with Gasteiger partial charge in [-0.05, 0) is 47.5 Å². The Balaban J connectivity index is 2.00. The summed E-state index contributed by atoms with van der Waals surface area (Å²) in [6, 6.07) is 10.8. The lowest BCUT2D eigenvalue weighted by atomic mass is 9.84. The Kier molecular flexibility index (Phi) is 8.74. The van der Waals surface area contributed by atoms with E-state index < -0.39 is 78.4 Å². The molecule has 1 unspecified atom stereocenters. The molecule has 1 atom stereocenters. The highest BCUT2D eigenvalue weighted by Crippen LogP contribution is 2.38. The Labute approximate surface area is 209 Å². The molecule has 0 amide bonds. The highest BCUT2D eigenvalue weighted by Gasteiger charge is 2.36. The summed E-state index contributed by atoms with van der Waals surface area (Å²) in [6.45, 7) is -2.35. The summed E-state index contributed by atoms with van der Waals surface area (Å²) in [4.78, 5) is 12.6. The molecular weight excluding hydrogens is 498 g/mol.